The topological polar surface area (TPSA) is 96.0 Å². The number of nitrogens with zero attached hydrogens (tertiary/aromatic N) is 2. The summed E-state index contributed by atoms with van der Waals surface area (Å²) < 4.78 is 33.8. The molecule has 4 aromatic rings. The van der Waals surface area contributed by atoms with Gasteiger partial charge in [-0.25, -0.2) is 8.42 Å². The fraction of sp³-hybridized carbons (Fsp3) is 0.297. The van der Waals surface area contributed by atoms with Gasteiger partial charge in [-0.3, -0.25) is 14.5 Å². The van der Waals surface area contributed by atoms with E-state index < -0.39 is 10.0 Å². The SMILES string of the molecule is O=C(CCCC(=O)OCCCc1ccccc1)Nc1ccc(S(=O)(=O)N2CCN(C(c3ccccc3)c3ccccc3)CC2)cc1. The summed E-state index contributed by atoms with van der Waals surface area (Å²) in [5, 5.41) is 2.79. The zero-order chi connectivity index (χ0) is 32.2. The fourth-order valence-corrected chi connectivity index (χ4v) is 7.16. The molecule has 8 nitrogen and oxygen atoms in total. The Hall–Kier alpha value is -4.31. The van der Waals surface area contributed by atoms with E-state index in [1.807, 2.05) is 66.7 Å². The van der Waals surface area contributed by atoms with Gasteiger partial charge in [0.05, 0.1) is 17.5 Å². The van der Waals surface area contributed by atoms with E-state index in [4.69, 9.17) is 4.74 Å². The van der Waals surface area contributed by atoms with E-state index >= 15 is 0 Å². The van der Waals surface area contributed by atoms with Crippen LogP contribution in [0.25, 0.3) is 0 Å². The van der Waals surface area contributed by atoms with Gasteiger partial charge in [0, 0.05) is 44.7 Å². The summed E-state index contributed by atoms with van der Waals surface area (Å²) in [6, 6.07) is 36.9. The molecule has 0 saturated carbocycles. The van der Waals surface area contributed by atoms with Crippen LogP contribution >= 0.6 is 0 Å². The number of ether oxygens (including phenoxy) is 1. The highest BCUT2D eigenvalue weighted by Crippen LogP contribution is 2.30. The molecule has 240 valence electrons. The fourth-order valence-electron chi connectivity index (χ4n) is 5.74. The lowest BCUT2D eigenvalue weighted by Crippen LogP contribution is -2.49. The molecule has 0 atom stereocenters. The molecular formula is C37H41N3O5S. The molecule has 1 saturated heterocycles. The molecular weight excluding hydrogens is 598 g/mol. The van der Waals surface area contributed by atoms with Crippen LogP contribution in [0.3, 0.4) is 0 Å². The third kappa shape index (κ3) is 9.13. The van der Waals surface area contributed by atoms with Crippen molar-refractivity contribution in [2.45, 2.75) is 43.0 Å². The second-order valence-electron chi connectivity index (χ2n) is 11.4. The molecule has 1 amide bonds. The molecule has 0 spiro atoms. The Balaban J connectivity index is 1.06. The lowest BCUT2D eigenvalue weighted by atomic mass is 9.96. The third-order valence-electron chi connectivity index (χ3n) is 8.15. The van der Waals surface area contributed by atoms with E-state index in [9.17, 15) is 18.0 Å². The zero-order valence-corrected chi connectivity index (χ0v) is 26.8. The van der Waals surface area contributed by atoms with Crippen LogP contribution in [-0.2, 0) is 30.8 Å². The van der Waals surface area contributed by atoms with Gasteiger partial charge in [0.1, 0.15) is 0 Å². The molecule has 46 heavy (non-hydrogen) atoms. The van der Waals surface area contributed by atoms with E-state index in [0.717, 1.165) is 12.8 Å². The van der Waals surface area contributed by atoms with Crippen LogP contribution in [0.5, 0.6) is 0 Å². The van der Waals surface area contributed by atoms with E-state index in [1.54, 1.807) is 12.1 Å². The maximum absolute atomic E-state index is 13.5. The number of aryl methyl sites for hydroxylation is 1. The van der Waals surface area contributed by atoms with Crippen LogP contribution < -0.4 is 5.32 Å². The first-order chi connectivity index (χ1) is 22.4. The summed E-state index contributed by atoms with van der Waals surface area (Å²) in [4.78, 5) is 27.0. The Kier molecular flexibility index (Phi) is 11.7. The van der Waals surface area contributed by atoms with Gasteiger partial charge in [0.15, 0.2) is 0 Å². The molecule has 0 aliphatic carbocycles. The summed E-state index contributed by atoms with van der Waals surface area (Å²) in [5.74, 6) is -0.554. The van der Waals surface area contributed by atoms with Gasteiger partial charge < -0.3 is 10.1 Å². The Morgan fingerprint density at radius 3 is 1.85 bits per heavy atom. The Labute approximate surface area is 272 Å². The van der Waals surface area contributed by atoms with E-state index in [0.29, 0.717) is 44.9 Å². The van der Waals surface area contributed by atoms with Gasteiger partial charge >= 0.3 is 5.97 Å². The van der Waals surface area contributed by atoms with Gasteiger partial charge in [0.25, 0.3) is 0 Å². The van der Waals surface area contributed by atoms with Crippen molar-refractivity contribution < 1.29 is 22.7 Å². The molecule has 9 heteroatoms. The van der Waals surface area contributed by atoms with Crippen LogP contribution in [0.1, 0.15) is 48.4 Å². The number of carbonyl (C=O) groups excluding carboxylic acids is 2. The van der Waals surface area contributed by atoms with E-state index in [1.165, 1.54) is 33.1 Å². The monoisotopic (exact) mass is 639 g/mol. The Bertz CT molecular complexity index is 1600. The van der Waals surface area contributed by atoms with Crippen LogP contribution in [0.4, 0.5) is 5.69 Å². The van der Waals surface area contributed by atoms with Crippen molar-refractivity contribution in [2.75, 3.05) is 38.1 Å². The molecule has 5 rings (SSSR count). The van der Waals surface area contributed by atoms with Crippen LogP contribution in [-0.4, -0.2) is 62.3 Å². The predicted octanol–water partition coefficient (Wildman–Crippen LogP) is 6.07. The average Bonchev–Trinajstić information content (AvgIpc) is 3.09. The Morgan fingerprint density at radius 2 is 1.26 bits per heavy atom. The van der Waals surface area contributed by atoms with Gasteiger partial charge in [0.2, 0.25) is 15.9 Å². The number of anilines is 1. The van der Waals surface area contributed by atoms with Gasteiger partial charge in [-0.2, -0.15) is 4.31 Å². The first-order valence-electron chi connectivity index (χ1n) is 15.8. The molecule has 0 aromatic heterocycles. The minimum atomic E-state index is -3.69. The van der Waals surface area contributed by atoms with Crippen molar-refractivity contribution in [2.24, 2.45) is 0 Å². The summed E-state index contributed by atoms with van der Waals surface area (Å²) >= 11 is 0. The zero-order valence-electron chi connectivity index (χ0n) is 26.0. The molecule has 0 bridgehead atoms. The molecule has 1 heterocycles. The van der Waals surface area contributed by atoms with Gasteiger partial charge in [-0.15, -0.1) is 0 Å². The average molecular weight is 640 g/mol. The van der Waals surface area contributed by atoms with Crippen molar-refractivity contribution in [3.63, 3.8) is 0 Å². The van der Waals surface area contributed by atoms with Crippen molar-refractivity contribution in [3.05, 3.63) is 132 Å². The third-order valence-corrected chi connectivity index (χ3v) is 10.1. The number of benzene rings is 4. The summed E-state index contributed by atoms with van der Waals surface area (Å²) in [6.07, 6.45) is 2.30. The lowest BCUT2D eigenvalue weighted by molar-refractivity contribution is -0.143. The van der Waals surface area contributed by atoms with Crippen molar-refractivity contribution in [3.8, 4) is 0 Å². The molecule has 4 aromatic carbocycles. The summed E-state index contributed by atoms with van der Waals surface area (Å²) in [7, 11) is -3.69. The van der Waals surface area contributed by atoms with E-state index in [2.05, 4.69) is 34.5 Å². The van der Waals surface area contributed by atoms with E-state index in [-0.39, 0.29) is 35.7 Å². The number of nitrogens with one attached hydrogen (secondary N) is 1. The van der Waals surface area contributed by atoms with Crippen LogP contribution in [0.15, 0.2) is 120 Å². The van der Waals surface area contributed by atoms with Crippen molar-refractivity contribution in [1.29, 1.82) is 0 Å². The molecule has 1 N–H and O–H groups in total. The number of rotatable bonds is 14. The summed E-state index contributed by atoms with van der Waals surface area (Å²) in [6.45, 7) is 2.32. The minimum absolute atomic E-state index is 0.0470. The number of sulfonamides is 1. The van der Waals surface area contributed by atoms with Crippen molar-refractivity contribution in [1.82, 2.24) is 9.21 Å². The largest absolute Gasteiger partial charge is 0.466 e. The quantitative estimate of drug-likeness (QED) is 0.133. The maximum atomic E-state index is 13.5. The van der Waals surface area contributed by atoms with Crippen LogP contribution in [0.2, 0.25) is 0 Å². The Morgan fingerprint density at radius 1 is 0.696 bits per heavy atom. The maximum Gasteiger partial charge on any atom is 0.305 e. The molecule has 1 aliphatic heterocycles. The number of hydrogen-bond acceptors (Lipinski definition) is 6. The predicted molar refractivity (Wildman–Crippen MR) is 180 cm³/mol. The lowest BCUT2D eigenvalue weighted by Gasteiger charge is -2.39. The summed E-state index contributed by atoms with van der Waals surface area (Å²) in [5.41, 5.74) is 4.07. The number of piperazine rings is 1. The highest BCUT2D eigenvalue weighted by atomic mass is 32.2. The van der Waals surface area contributed by atoms with Gasteiger partial charge in [-0.05, 0) is 60.2 Å². The first kappa shape index (κ1) is 33.1. The highest BCUT2D eigenvalue weighted by Gasteiger charge is 2.32. The number of hydrogen-bond donors (Lipinski definition) is 1. The smallest absolute Gasteiger partial charge is 0.305 e. The first-order valence-corrected chi connectivity index (χ1v) is 17.3. The van der Waals surface area contributed by atoms with Crippen LogP contribution in [0, 0.1) is 0 Å². The standard InChI is InChI=1S/C37H41N3O5S/c41-35(19-10-20-36(42)45-29-11-14-30-12-4-1-5-13-30)38-33-21-23-34(24-22-33)46(43,44)40-27-25-39(26-28-40)37(31-15-6-2-7-16-31)32-17-8-3-9-18-32/h1-9,12-13,15-18,21-24,37H,10-11,14,19-20,25-29H2,(H,38,41). The minimum Gasteiger partial charge on any atom is -0.466 e. The number of amides is 1. The second kappa shape index (κ2) is 16.3. The van der Waals surface area contributed by atoms with Crippen molar-refractivity contribution >= 4 is 27.6 Å². The molecule has 0 radical (unpaired) electrons. The number of carbonyl (C=O) groups is 2. The highest BCUT2D eigenvalue weighted by molar-refractivity contribution is 7.89. The second-order valence-corrected chi connectivity index (χ2v) is 13.3. The number of esters is 1. The normalized spacial score (nSPS) is 14.2. The molecule has 1 aliphatic rings. The molecule has 1 fully saturated rings. The van der Waals surface area contributed by atoms with Gasteiger partial charge in [-0.1, -0.05) is 91.0 Å². The molecule has 0 unspecified atom stereocenters.